The summed E-state index contributed by atoms with van der Waals surface area (Å²) in [6.07, 6.45) is 0. The Labute approximate surface area is 144 Å². The highest BCUT2D eigenvalue weighted by Gasteiger charge is 2.40. The number of anilines is 2. The van der Waals surface area contributed by atoms with Crippen molar-refractivity contribution < 1.29 is 19.5 Å². The standard InChI is InChI=1S/C19H16N2O4/c1-11-4-3-5-15(10-11)21-18(24)16(17(23)19(21)25)13-6-8-14(9-7-13)20-12(2)22/h3-10,23H,1-2H3,(H,20,22). The van der Waals surface area contributed by atoms with E-state index in [4.69, 9.17) is 0 Å². The number of aryl methyl sites for hydroxylation is 1. The van der Waals surface area contributed by atoms with E-state index in [0.717, 1.165) is 10.5 Å². The molecule has 0 saturated heterocycles. The van der Waals surface area contributed by atoms with Gasteiger partial charge in [-0.05, 0) is 42.3 Å². The monoisotopic (exact) mass is 336 g/mol. The molecule has 0 bridgehead atoms. The Morgan fingerprint density at radius 2 is 1.72 bits per heavy atom. The van der Waals surface area contributed by atoms with Crippen molar-refractivity contribution in [1.29, 1.82) is 0 Å². The molecule has 0 aliphatic carbocycles. The van der Waals surface area contributed by atoms with Crippen LogP contribution in [0.25, 0.3) is 5.57 Å². The van der Waals surface area contributed by atoms with Crippen molar-refractivity contribution >= 4 is 34.7 Å². The predicted molar refractivity (Wildman–Crippen MR) is 94.0 cm³/mol. The highest BCUT2D eigenvalue weighted by molar-refractivity contribution is 6.44. The Morgan fingerprint density at radius 3 is 2.32 bits per heavy atom. The van der Waals surface area contributed by atoms with Gasteiger partial charge in [-0.1, -0.05) is 24.3 Å². The molecular weight excluding hydrogens is 320 g/mol. The molecule has 0 spiro atoms. The Kier molecular flexibility index (Phi) is 4.10. The zero-order valence-corrected chi connectivity index (χ0v) is 13.7. The van der Waals surface area contributed by atoms with Crippen molar-refractivity contribution in [2.45, 2.75) is 13.8 Å². The largest absolute Gasteiger partial charge is 0.502 e. The number of hydrogen-bond acceptors (Lipinski definition) is 4. The third-order valence-corrected chi connectivity index (χ3v) is 3.81. The summed E-state index contributed by atoms with van der Waals surface area (Å²) < 4.78 is 0. The minimum Gasteiger partial charge on any atom is -0.502 e. The number of carbonyl (C=O) groups is 3. The van der Waals surface area contributed by atoms with E-state index in [9.17, 15) is 19.5 Å². The van der Waals surface area contributed by atoms with Gasteiger partial charge >= 0.3 is 5.91 Å². The number of benzene rings is 2. The number of rotatable bonds is 3. The summed E-state index contributed by atoms with van der Waals surface area (Å²) in [5.74, 6) is -2.14. The number of nitrogens with zero attached hydrogens (tertiary/aromatic N) is 1. The molecule has 1 aliphatic heterocycles. The SMILES string of the molecule is CC(=O)Nc1ccc(C2=C(O)C(=O)N(c3cccc(C)c3)C2=O)cc1. The van der Waals surface area contributed by atoms with E-state index in [1.165, 1.54) is 6.92 Å². The zero-order valence-electron chi connectivity index (χ0n) is 13.7. The van der Waals surface area contributed by atoms with E-state index in [-0.39, 0.29) is 11.5 Å². The number of imide groups is 1. The second-order valence-corrected chi connectivity index (χ2v) is 5.77. The summed E-state index contributed by atoms with van der Waals surface area (Å²) in [4.78, 5) is 37.1. The topological polar surface area (TPSA) is 86.7 Å². The third kappa shape index (κ3) is 3.01. The molecule has 3 amide bonds. The summed E-state index contributed by atoms with van der Waals surface area (Å²) in [5.41, 5.74) is 2.21. The van der Waals surface area contributed by atoms with Gasteiger partial charge in [0, 0.05) is 12.6 Å². The molecule has 3 rings (SSSR count). The van der Waals surface area contributed by atoms with E-state index < -0.39 is 17.6 Å². The van der Waals surface area contributed by atoms with E-state index in [0.29, 0.717) is 16.9 Å². The molecule has 0 radical (unpaired) electrons. The van der Waals surface area contributed by atoms with Crippen LogP contribution in [0, 0.1) is 6.92 Å². The van der Waals surface area contributed by atoms with Gasteiger partial charge in [0.2, 0.25) is 5.91 Å². The smallest absolute Gasteiger partial charge is 0.301 e. The van der Waals surface area contributed by atoms with Crippen molar-refractivity contribution in [2.75, 3.05) is 10.2 Å². The summed E-state index contributed by atoms with van der Waals surface area (Å²) in [7, 11) is 0. The Bertz CT molecular complexity index is 913. The number of aliphatic hydroxyl groups excluding tert-OH is 1. The highest BCUT2D eigenvalue weighted by atomic mass is 16.3. The zero-order chi connectivity index (χ0) is 18.1. The number of nitrogens with one attached hydrogen (secondary N) is 1. The van der Waals surface area contributed by atoms with Gasteiger partial charge in [0.1, 0.15) is 0 Å². The molecule has 0 unspecified atom stereocenters. The molecule has 1 heterocycles. The fourth-order valence-corrected chi connectivity index (χ4v) is 2.70. The van der Waals surface area contributed by atoms with Crippen LogP contribution in [0.15, 0.2) is 54.3 Å². The molecule has 0 atom stereocenters. The van der Waals surface area contributed by atoms with Gasteiger partial charge in [-0.25, -0.2) is 4.90 Å². The maximum absolute atomic E-state index is 12.7. The molecule has 6 nitrogen and oxygen atoms in total. The normalized spacial score (nSPS) is 14.2. The molecule has 25 heavy (non-hydrogen) atoms. The van der Waals surface area contributed by atoms with E-state index >= 15 is 0 Å². The number of carbonyl (C=O) groups excluding carboxylic acids is 3. The van der Waals surface area contributed by atoms with Gasteiger partial charge < -0.3 is 10.4 Å². The van der Waals surface area contributed by atoms with Crippen LogP contribution in [-0.4, -0.2) is 22.8 Å². The summed E-state index contributed by atoms with van der Waals surface area (Å²) in [6, 6.07) is 13.3. The second kappa shape index (κ2) is 6.24. The van der Waals surface area contributed by atoms with E-state index in [1.807, 2.05) is 13.0 Å². The average Bonchev–Trinajstić information content (AvgIpc) is 2.78. The molecule has 0 saturated carbocycles. The molecule has 2 N–H and O–H groups in total. The molecule has 0 fully saturated rings. The minimum absolute atomic E-state index is 0.0547. The molecule has 6 heteroatoms. The van der Waals surface area contributed by atoms with Gasteiger partial charge in [-0.15, -0.1) is 0 Å². The first-order chi connectivity index (χ1) is 11.9. The molecule has 2 aromatic carbocycles. The summed E-state index contributed by atoms with van der Waals surface area (Å²) in [5, 5.41) is 12.8. The van der Waals surface area contributed by atoms with Crippen LogP contribution in [0.5, 0.6) is 0 Å². The van der Waals surface area contributed by atoms with Crippen LogP contribution < -0.4 is 10.2 Å². The minimum atomic E-state index is -0.753. The molecule has 1 aliphatic rings. The maximum atomic E-state index is 12.7. The maximum Gasteiger partial charge on any atom is 0.301 e. The first-order valence-electron chi connectivity index (χ1n) is 7.65. The summed E-state index contributed by atoms with van der Waals surface area (Å²) in [6.45, 7) is 3.24. The highest BCUT2D eigenvalue weighted by Crippen LogP contribution is 2.32. The molecule has 0 aromatic heterocycles. The Balaban J connectivity index is 1.96. The van der Waals surface area contributed by atoms with E-state index in [1.54, 1.807) is 42.5 Å². The van der Waals surface area contributed by atoms with Crippen LogP contribution in [-0.2, 0) is 14.4 Å². The quantitative estimate of drug-likeness (QED) is 0.844. The molecule has 126 valence electrons. The number of hydrogen-bond donors (Lipinski definition) is 2. The van der Waals surface area contributed by atoms with Crippen molar-refractivity contribution in [3.05, 3.63) is 65.4 Å². The fraction of sp³-hybridized carbons (Fsp3) is 0.105. The van der Waals surface area contributed by atoms with E-state index in [2.05, 4.69) is 5.32 Å². The summed E-state index contributed by atoms with van der Waals surface area (Å²) >= 11 is 0. The third-order valence-electron chi connectivity index (χ3n) is 3.81. The van der Waals surface area contributed by atoms with Gasteiger partial charge in [0.05, 0.1) is 11.3 Å². The molecule has 2 aromatic rings. The van der Waals surface area contributed by atoms with Crippen LogP contribution in [0.3, 0.4) is 0 Å². The second-order valence-electron chi connectivity index (χ2n) is 5.77. The average molecular weight is 336 g/mol. The Hall–Kier alpha value is -3.41. The lowest BCUT2D eigenvalue weighted by Gasteiger charge is -2.15. The van der Waals surface area contributed by atoms with Crippen LogP contribution in [0.1, 0.15) is 18.1 Å². The number of aliphatic hydroxyl groups is 1. The van der Waals surface area contributed by atoms with Crippen LogP contribution in [0.4, 0.5) is 11.4 Å². The van der Waals surface area contributed by atoms with Gasteiger partial charge in [0.15, 0.2) is 5.76 Å². The lowest BCUT2D eigenvalue weighted by Crippen LogP contribution is -2.31. The predicted octanol–water partition coefficient (Wildman–Crippen LogP) is 2.80. The molecular formula is C19H16N2O4. The lowest BCUT2D eigenvalue weighted by molar-refractivity contribution is -0.121. The first kappa shape index (κ1) is 16.4. The van der Waals surface area contributed by atoms with Gasteiger partial charge in [-0.3, -0.25) is 14.4 Å². The number of amides is 3. The van der Waals surface area contributed by atoms with Gasteiger partial charge in [0.25, 0.3) is 5.91 Å². The van der Waals surface area contributed by atoms with Crippen molar-refractivity contribution in [3.8, 4) is 0 Å². The van der Waals surface area contributed by atoms with Crippen molar-refractivity contribution in [3.63, 3.8) is 0 Å². The lowest BCUT2D eigenvalue weighted by atomic mass is 10.0. The first-order valence-corrected chi connectivity index (χ1v) is 7.65. The van der Waals surface area contributed by atoms with Crippen molar-refractivity contribution in [1.82, 2.24) is 0 Å². The van der Waals surface area contributed by atoms with Crippen LogP contribution in [0.2, 0.25) is 0 Å². The Morgan fingerprint density at radius 1 is 1.04 bits per heavy atom. The van der Waals surface area contributed by atoms with Gasteiger partial charge in [-0.2, -0.15) is 0 Å². The van der Waals surface area contributed by atoms with Crippen molar-refractivity contribution in [2.24, 2.45) is 0 Å². The fourth-order valence-electron chi connectivity index (χ4n) is 2.70. The van der Waals surface area contributed by atoms with Crippen LogP contribution >= 0.6 is 0 Å².